The molecule has 0 atom stereocenters. The van der Waals surface area contributed by atoms with Crippen molar-refractivity contribution in [1.29, 1.82) is 0 Å². The Hall–Kier alpha value is -2.01. The Balaban J connectivity index is 2.10. The van der Waals surface area contributed by atoms with E-state index < -0.39 is 0 Å². The lowest BCUT2D eigenvalue weighted by molar-refractivity contribution is 0.245. The largest absolute Gasteiger partial charge is 0.395 e. The summed E-state index contributed by atoms with van der Waals surface area (Å²) in [5.74, 6) is 0. The van der Waals surface area contributed by atoms with Crippen LogP contribution in [-0.2, 0) is 0 Å². The third kappa shape index (κ3) is 2.76. The first-order valence-electron chi connectivity index (χ1n) is 5.44. The van der Waals surface area contributed by atoms with Crippen LogP contribution in [0.1, 0.15) is 5.69 Å². The number of aromatic nitrogens is 1. The van der Waals surface area contributed by atoms with Crippen molar-refractivity contribution in [2.75, 3.05) is 18.5 Å². The van der Waals surface area contributed by atoms with Crippen LogP contribution in [0.25, 0.3) is 10.9 Å². The number of benzene rings is 1. The van der Waals surface area contributed by atoms with E-state index in [1.165, 1.54) is 0 Å². The highest BCUT2D eigenvalue weighted by Gasteiger charge is 2.02. The second-order valence-corrected chi connectivity index (χ2v) is 3.86. The Morgan fingerprint density at radius 3 is 3.00 bits per heavy atom. The minimum atomic E-state index is -0.314. The topological polar surface area (TPSA) is 77.2 Å². The molecule has 0 aliphatic carbocycles. The van der Waals surface area contributed by atoms with Crippen LogP contribution in [0.4, 0.5) is 10.5 Å². The summed E-state index contributed by atoms with van der Waals surface area (Å²) < 4.78 is 0. The van der Waals surface area contributed by atoms with E-state index >= 15 is 0 Å². The second kappa shape index (κ2) is 4.88. The molecular weight excluding hydrogens is 218 g/mol. The third-order valence-electron chi connectivity index (χ3n) is 2.41. The van der Waals surface area contributed by atoms with E-state index in [4.69, 9.17) is 5.11 Å². The lowest BCUT2D eigenvalue weighted by Crippen LogP contribution is -2.30. The number of fused-ring (bicyclic) bond motifs is 1. The van der Waals surface area contributed by atoms with Gasteiger partial charge in [-0.25, -0.2) is 4.79 Å². The standard InChI is InChI=1S/C12H15N3O2/c1-8-6-9-7-10(2-3-11(9)14-8)15-12(17)13-4-5-16/h2-3,6-7,14,16H,4-5H2,1H3,(H2,13,15,17). The van der Waals surface area contributed by atoms with E-state index in [-0.39, 0.29) is 19.2 Å². The van der Waals surface area contributed by atoms with Crippen LogP contribution in [0.2, 0.25) is 0 Å². The van der Waals surface area contributed by atoms with Crippen molar-refractivity contribution in [2.45, 2.75) is 6.92 Å². The number of H-pyrrole nitrogens is 1. The van der Waals surface area contributed by atoms with Crippen molar-refractivity contribution in [1.82, 2.24) is 10.3 Å². The molecular formula is C12H15N3O2. The highest BCUT2D eigenvalue weighted by molar-refractivity contribution is 5.92. The SMILES string of the molecule is Cc1cc2cc(NC(=O)NCCO)ccc2[nH]1. The number of urea groups is 1. The highest BCUT2D eigenvalue weighted by atomic mass is 16.3. The molecule has 0 fully saturated rings. The average molecular weight is 233 g/mol. The first-order valence-corrected chi connectivity index (χ1v) is 5.44. The van der Waals surface area contributed by atoms with Gasteiger partial charge in [-0.3, -0.25) is 0 Å². The fourth-order valence-electron chi connectivity index (χ4n) is 1.70. The van der Waals surface area contributed by atoms with E-state index in [0.29, 0.717) is 0 Å². The number of rotatable bonds is 3. The molecule has 1 heterocycles. The summed E-state index contributed by atoms with van der Waals surface area (Å²) in [6, 6.07) is 7.36. The molecule has 0 spiro atoms. The minimum absolute atomic E-state index is 0.0660. The fourth-order valence-corrected chi connectivity index (χ4v) is 1.70. The Bertz CT molecular complexity index is 534. The number of hydrogen-bond acceptors (Lipinski definition) is 2. The smallest absolute Gasteiger partial charge is 0.319 e. The molecule has 1 aromatic carbocycles. The number of carbonyl (C=O) groups excluding carboxylic acids is 1. The maximum absolute atomic E-state index is 11.4. The molecule has 5 nitrogen and oxygen atoms in total. The molecule has 17 heavy (non-hydrogen) atoms. The lowest BCUT2D eigenvalue weighted by Gasteiger charge is -2.06. The normalized spacial score (nSPS) is 10.5. The predicted molar refractivity (Wildman–Crippen MR) is 67.1 cm³/mol. The van der Waals surface area contributed by atoms with Crippen molar-refractivity contribution in [3.63, 3.8) is 0 Å². The van der Waals surface area contributed by atoms with Crippen molar-refractivity contribution in [3.8, 4) is 0 Å². The third-order valence-corrected chi connectivity index (χ3v) is 2.41. The van der Waals surface area contributed by atoms with Gasteiger partial charge in [-0.05, 0) is 31.2 Å². The summed E-state index contributed by atoms with van der Waals surface area (Å²) in [6.45, 7) is 2.17. The summed E-state index contributed by atoms with van der Waals surface area (Å²) in [5, 5.41) is 14.9. The van der Waals surface area contributed by atoms with Crippen LogP contribution >= 0.6 is 0 Å². The zero-order chi connectivity index (χ0) is 12.3. The lowest BCUT2D eigenvalue weighted by atomic mass is 10.2. The van der Waals surface area contributed by atoms with Gasteiger partial charge in [0.15, 0.2) is 0 Å². The molecule has 4 N–H and O–H groups in total. The number of aliphatic hydroxyl groups excluding tert-OH is 1. The average Bonchev–Trinajstić information content (AvgIpc) is 2.65. The molecule has 90 valence electrons. The van der Waals surface area contributed by atoms with Crippen molar-refractivity contribution < 1.29 is 9.90 Å². The van der Waals surface area contributed by atoms with E-state index in [0.717, 1.165) is 22.3 Å². The summed E-state index contributed by atoms with van der Waals surface area (Å²) >= 11 is 0. The van der Waals surface area contributed by atoms with Gasteiger partial charge in [-0.15, -0.1) is 0 Å². The maximum atomic E-state index is 11.4. The molecule has 0 aliphatic heterocycles. The Labute approximate surface area is 98.8 Å². The molecule has 0 radical (unpaired) electrons. The van der Waals surface area contributed by atoms with Gasteiger partial charge in [0.05, 0.1) is 6.61 Å². The minimum Gasteiger partial charge on any atom is -0.395 e. The first kappa shape index (κ1) is 11.5. The highest BCUT2D eigenvalue weighted by Crippen LogP contribution is 2.19. The van der Waals surface area contributed by atoms with Gasteiger partial charge >= 0.3 is 6.03 Å². The number of aromatic amines is 1. The summed E-state index contributed by atoms with van der Waals surface area (Å²) in [7, 11) is 0. The van der Waals surface area contributed by atoms with Crippen molar-refractivity contribution in [2.24, 2.45) is 0 Å². The number of nitrogens with one attached hydrogen (secondary N) is 3. The van der Waals surface area contributed by atoms with Crippen LogP contribution in [0, 0.1) is 6.92 Å². The van der Waals surface area contributed by atoms with Gasteiger partial charge in [0, 0.05) is 28.8 Å². The zero-order valence-corrected chi connectivity index (χ0v) is 9.58. The van der Waals surface area contributed by atoms with Gasteiger partial charge in [0.1, 0.15) is 0 Å². The molecule has 0 saturated carbocycles. The Morgan fingerprint density at radius 2 is 2.24 bits per heavy atom. The van der Waals surface area contributed by atoms with Crippen LogP contribution in [-0.4, -0.2) is 29.3 Å². The van der Waals surface area contributed by atoms with Gasteiger partial charge < -0.3 is 20.7 Å². The fraction of sp³-hybridized carbons (Fsp3) is 0.250. The van der Waals surface area contributed by atoms with E-state index in [1.807, 2.05) is 31.2 Å². The Morgan fingerprint density at radius 1 is 1.41 bits per heavy atom. The van der Waals surface area contributed by atoms with Gasteiger partial charge in [0.2, 0.25) is 0 Å². The van der Waals surface area contributed by atoms with Crippen LogP contribution < -0.4 is 10.6 Å². The molecule has 0 aliphatic rings. The molecule has 1 aromatic heterocycles. The number of carbonyl (C=O) groups is 1. The first-order chi connectivity index (χ1) is 8.19. The zero-order valence-electron chi connectivity index (χ0n) is 9.58. The predicted octanol–water partition coefficient (Wildman–Crippen LogP) is 1.59. The molecule has 2 amide bonds. The quantitative estimate of drug-likeness (QED) is 0.649. The van der Waals surface area contributed by atoms with E-state index in [2.05, 4.69) is 15.6 Å². The summed E-state index contributed by atoms with van der Waals surface area (Å²) in [5.41, 5.74) is 2.86. The van der Waals surface area contributed by atoms with Gasteiger partial charge in [0.25, 0.3) is 0 Å². The maximum Gasteiger partial charge on any atom is 0.319 e. The van der Waals surface area contributed by atoms with E-state index in [9.17, 15) is 4.79 Å². The number of hydrogen-bond donors (Lipinski definition) is 4. The number of aliphatic hydroxyl groups is 1. The summed E-state index contributed by atoms with van der Waals surface area (Å²) in [4.78, 5) is 14.6. The molecule has 2 aromatic rings. The number of aryl methyl sites for hydroxylation is 1. The van der Waals surface area contributed by atoms with Crippen LogP contribution in [0.3, 0.4) is 0 Å². The van der Waals surface area contributed by atoms with Crippen LogP contribution in [0.5, 0.6) is 0 Å². The van der Waals surface area contributed by atoms with Crippen LogP contribution in [0.15, 0.2) is 24.3 Å². The molecule has 0 saturated heterocycles. The Kier molecular flexibility index (Phi) is 3.30. The van der Waals surface area contributed by atoms with Crippen molar-refractivity contribution in [3.05, 3.63) is 30.0 Å². The molecule has 2 rings (SSSR count). The molecule has 0 bridgehead atoms. The van der Waals surface area contributed by atoms with E-state index in [1.54, 1.807) is 0 Å². The second-order valence-electron chi connectivity index (χ2n) is 3.86. The molecule has 5 heteroatoms. The van der Waals surface area contributed by atoms with Crippen molar-refractivity contribution >= 4 is 22.6 Å². The van der Waals surface area contributed by atoms with Gasteiger partial charge in [-0.2, -0.15) is 0 Å². The number of amides is 2. The number of anilines is 1. The monoisotopic (exact) mass is 233 g/mol. The summed E-state index contributed by atoms with van der Waals surface area (Å²) in [6.07, 6.45) is 0. The van der Waals surface area contributed by atoms with Gasteiger partial charge in [-0.1, -0.05) is 0 Å². The molecule has 0 unspecified atom stereocenters.